The van der Waals surface area contributed by atoms with Crippen LogP contribution >= 0.6 is 11.3 Å². The maximum atomic E-state index is 13.3. The van der Waals surface area contributed by atoms with E-state index in [0.29, 0.717) is 35.0 Å². The molecular weight excluding hydrogens is 422 g/mol. The first-order valence-corrected chi connectivity index (χ1v) is 11.7. The van der Waals surface area contributed by atoms with Crippen molar-refractivity contribution in [3.8, 4) is 0 Å². The van der Waals surface area contributed by atoms with Crippen molar-refractivity contribution in [2.45, 2.75) is 13.5 Å². The third kappa shape index (κ3) is 5.15. The van der Waals surface area contributed by atoms with Gasteiger partial charge in [-0.3, -0.25) is 9.59 Å². The number of piperazine rings is 1. The number of hydrogen-bond acceptors (Lipinski definition) is 6. The molecule has 2 amide bonds. The Morgan fingerprint density at radius 1 is 1.16 bits per heavy atom. The topological polar surface area (TPSA) is 77.6 Å². The average Bonchev–Trinajstić information content (AvgIpc) is 3.39. The number of rotatable bonds is 7. The van der Waals surface area contributed by atoms with Crippen LogP contribution in [0.5, 0.6) is 0 Å². The molecule has 1 aliphatic rings. The van der Waals surface area contributed by atoms with Crippen LogP contribution < -0.4 is 15.5 Å². The molecule has 32 heavy (non-hydrogen) atoms. The first-order valence-electron chi connectivity index (χ1n) is 10.8. The highest BCUT2D eigenvalue weighted by atomic mass is 32.1. The number of nitrogens with zero attached hydrogens (tertiary/aromatic N) is 3. The van der Waals surface area contributed by atoms with Gasteiger partial charge < -0.3 is 20.4 Å². The van der Waals surface area contributed by atoms with E-state index < -0.39 is 0 Å². The SMILES string of the molecule is CCN(Cc1ccccc1)C(=O)c1cnc(N2CCNCC2)c(NC(=O)c2cccs2)c1. The summed E-state index contributed by atoms with van der Waals surface area (Å²) in [5, 5.41) is 8.18. The number of carbonyl (C=O) groups excluding carboxylic acids is 2. The molecular formula is C24H27N5O2S. The summed E-state index contributed by atoms with van der Waals surface area (Å²) in [6.45, 7) is 6.33. The van der Waals surface area contributed by atoms with Gasteiger partial charge in [-0.25, -0.2) is 4.98 Å². The number of carbonyl (C=O) groups is 2. The smallest absolute Gasteiger partial charge is 0.265 e. The molecule has 0 bridgehead atoms. The summed E-state index contributed by atoms with van der Waals surface area (Å²) in [6.07, 6.45) is 1.62. The molecule has 0 aliphatic carbocycles. The summed E-state index contributed by atoms with van der Waals surface area (Å²) >= 11 is 1.38. The van der Waals surface area contributed by atoms with Crippen molar-refractivity contribution >= 4 is 34.7 Å². The molecule has 1 saturated heterocycles. The molecule has 1 fully saturated rings. The summed E-state index contributed by atoms with van der Waals surface area (Å²) in [6, 6.07) is 15.3. The lowest BCUT2D eigenvalue weighted by Gasteiger charge is -2.30. The average molecular weight is 450 g/mol. The quantitative estimate of drug-likeness (QED) is 0.578. The molecule has 0 saturated carbocycles. The summed E-state index contributed by atoms with van der Waals surface area (Å²) in [7, 11) is 0. The van der Waals surface area contributed by atoms with E-state index in [1.165, 1.54) is 11.3 Å². The van der Waals surface area contributed by atoms with Crippen LogP contribution in [0.3, 0.4) is 0 Å². The first-order chi connectivity index (χ1) is 15.7. The number of nitrogens with one attached hydrogen (secondary N) is 2. The third-order valence-electron chi connectivity index (χ3n) is 5.41. The van der Waals surface area contributed by atoms with Crippen LogP contribution in [0, 0.1) is 0 Å². The lowest BCUT2D eigenvalue weighted by Crippen LogP contribution is -2.44. The molecule has 2 aromatic heterocycles. The van der Waals surface area contributed by atoms with Crippen LogP contribution in [-0.4, -0.2) is 54.4 Å². The van der Waals surface area contributed by atoms with Crippen molar-refractivity contribution in [2.24, 2.45) is 0 Å². The normalized spacial score (nSPS) is 13.6. The van der Waals surface area contributed by atoms with Gasteiger partial charge in [0.2, 0.25) is 0 Å². The minimum absolute atomic E-state index is 0.109. The van der Waals surface area contributed by atoms with E-state index in [1.54, 1.807) is 23.2 Å². The monoisotopic (exact) mass is 449 g/mol. The zero-order chi connectivity index (χ0) is 22.3. The summed E-state index contributed by atoms with van der Waals surface area (Å²) in [4.78, 5) is 35.2. The van der Waals surface area contributed by atoms with Gasteiger partial charge >= 0.3 is 0 Å². The van der Waals surface area contributed by atoms with Crippen LogP contribution in [-0.2, 0) is 6.54 Å². The lowest BCUT2D eigenvalue weighted by atomic mass is 10.1. The summed E-state index contributed by atoms with van der Waals surface area (Å²) < 4.78 is 0. The fraction of sp³-hybridized carbons (Fsp3) is 0.292. The summed E-state index contributed by atoms with van der Waals surface area (Å²) in [5.41, 5.74) is 2.09. The van der Waals surface area contributed by atoms with E-state index >= 15 is 0 Å². The fourth-order valence-corrected chi connectivity index (χ4v) is 4.32. The third-order valence-corrected chi connectivity index (χ3v) is 6.28. The summed E-state index contributed by atoms with van der Waals surface area (Å²) in [5.74, 6) is 0.390. The first kappa shape index (κ1) is 22.0. The number of thiophene rings is 1. The molecule has 4 rings (SSSR count). The van der Waals surface area contributed by atoms with Gasteiger partial charge in [0.25, 0.3) is 11.8 Å². The van der Waals surface area contributed by atoms with Crippen LogP contribution in [0.1, 0.15) is 32.5 Å². The van der Waals surface area contributed by atoms with Crippen LogP contribution in [0.15, 0.2) is 60.1 Å². The van der Waals surface area contributed by atoms with Crippen molar-refractivity contribution in [3.05, 3.63) is 76.1 Å². The maximum Gasteiger partial charge on any atom is 0.265 e. The van der Waals surface area contributed by atoms with Crippen molar-refractivity contribution in [1.29, 1.82) is 0 Å². The Hall–Kier alpha value is -3.23. The minimum atomic E-state index is -0.195. The van der Waals surface area contributed by atoms with Crippen molar-refractivity contribution < 1.29 is 9.59 Å². The van der Waals surface area contributed by atoms with E-state index in [2.05, 4.69) is 20.5 Å². The Bertz CT molecular complexity index is 1050. The number of benzene rings is 1. The predicted molar refractivity (Wildman–Crippen MR) is 128 cm³/mol. The van der Waals surface area contributed by atoms with Gasteiger partial charge in [0.15, 0.2) is 5.82 Å². The van der Waals surface area contributed by atoms with Gasteiger partial charge in [0.1, 0.15) is 0 Å². The highest BCUT2D eigenvalue weighted by Crippen LogP contribution is 2.27. The van der Waals surface area contributed by atoms with E-state index in [9.17, 15) is 9.59 Å². The maximum absolute atomic E-state index is 13.3. The van der Waals surface area contributed by atoms with Gasteiger partial charge in [-0.2, -0.15) is 0 Å². The van der Waals surface area contributed by atoms with Crippen LogP contribution in [0.4, 0.5) is 11.5 Å². The second-order valence-electron chi connectivity index (χ2n) is 7.57. The molecule has 1 aromatic carbocycles. The second kappa shape index (κ2) is 10.4. The molecule has 7 nitrogen and oxygen atoms in total. The molecule has 0 unspecified atom stereocenters. The Balaban J connectivity index is 1.61. The predicted octanol–water partition coefficient (Wildman–Crippen LogP) is 3.47. The second-order valence-corrected chi connectivity index (χ2v) is 8.52. The van der Waals surface area contributed by atoms with E-state index in [0.717, 1.165) is 31.7 Å². The van der Waals surface area contributed by atoms with E-state index in [1.807, 2.05) is 48.7 Å². The zero-order valence-corrected chi connectivity index (χ0v) is 18.9. The van der Waals surface area contributed by atoms with Crippen molar-refractivity contribution in [1.82, 2.24) is 15.2 Å². The van der Waals surface area contributed by atoms with Gasteiger partial charge in [-0.05, 0) is 30.0 Å². The van der Waals surface area contributed by atoms with Gasteiger partial charge in [0.05, 0.1) is 16.1 Å². The molecule has 166 valence electrons. The van der Waals surface area contributed by atoms with Crippen molar-refractivity contribution in [2.75, 3.05) is 42.9 Å². The number of hydrogen-bond donors (Lipinski definition) is 2. The number of amides is 2. The Kier molecular flexibility index (Phi) is 7.14. The van der Waals surface area contributed by atoms with E-state index in [-0.39, 0.29) is 11.8 Å². The van der Waals surface area contributed by atoms with Gasteiger partial charge in [0, 0.05) is 45.5 Å². The number of pyridine rings is 1. The molecule has 3 heterocycles. The molecule has 3 aromatic rings. The zero-order valence-electron chi connectivity index (χ0n) is 18.1. The Labute approximate surface area is 192 Å². The molecule has 0 spiro atoms. The van der Waals surface area contributed by atoms with Gasteiger partial charge in [-0.1, -0.05) is 36.4 Å². The van der Waals surface area contributed by atoms with Crippen LogP contribution in [0.2, 0.25) is 0 Å². The molecule has 8 heteroatoms. The number of aromatic nitrogens is 1. The highest BCUT2D eigenvalue weighted by molar-refractivity contribution is 7.12. The van der Waals surface area contributed by atoms with Crippen LogP contribution in [0.25, 0.3) is 0 Å². The molecule has 1 aliphatic heterocycles. The highest BCUT2D eigenvalue weighted by Gasteiger charge is 2.22. The lowest BCUT2D eigenvalue weighted by molar-refractivity contribution is 0.0752. The largest absolute Gasteiger partial charge is 0.352 e. The Morgan fingerprint density at radius 3 is 2.62 bits per heavy atom. The minimum Gasteiger partial charge on any atom is -0.352 e. The van der Waals surface area contributed by atoms with Gasteiger partial charge in [-0.15, -0.1) is 11.3 Å². The van der Waals surface area contributed by atoms with Crippen molar-refractivity contribution in [3.63, 3.8) is 0 Å². The number of anilines is 2. The van der Waals surface area contributed by atoms with E-state index in [4.69, 9.17) is 0 Å². The molecule has 0 radical (unpaired) electrons. The standard InChI is InChI=1S/C24H27N5O2S/c1-2-28(17-18-7-4-3-5-8-18)24(31)19-15-20(27-23(30)21-9-6-14-32-21)22(26-16-19)29-12-10-25-11-13-29/h3-9,14-16,25H,2,10-13,17H2,1H3,(H,27,30). The Morgan fingerprint density at radius 2 is 1.94 bits per heavy atom. The fourth-order valence-electron chi connectivity index (χ4n) is 3.70. The molecule has 2 N–H and O–H groups in total. The molecule has 0 atom stereocenters.